The molecule has 3 aromatic rings. The van der Waals surface area contributed by atoms with E-state index in [4.69, 9.17) is 21.7 Å². The van der Waals surface area contributed by atoms with Crippen molar-refractivity contribution in [1.29, 1.82) is 0 Å². The number of aryl methyl sites for hydroxylation is 2. The highest BCUT2D eigenvalue weighted by atomic mass is 32.2. The Balaban J connectivity index is 1.76. The van der Waals surface area contributed by atoms with Crippen molar-refractivity contribution < 1.29 is 38.9 Å². The number of nitrogens with zero attached hydrogens (tertiary/aromatic N) is 4. The molecule has 0 atom stereocenters. The number of fused-ring (bicyclic) bond motifs is 1. The Labute approximate surface area is 269 Å². The predicted octanol–water partition coefficient (Wildman–Crippen LogP) is 0.655. The molecule has 4 heterocycles. The quantitative estimate of drug-likeness (QED) is 0.293. The number of oxazole rings is 1. The van der Waals surface area contributed by atoms with Crippen LogP contribution in [0.25, 0.3) is 11.0 Å². The molecular weight excluding hydrogens is 669 g/mol. The fourth-order valence-corrected chi connectivity index (χ4v) is 8.16. The van der Waals surface area contributed by atoms with E-state index in [1.165, 1.54) is 17.8 Å². The van der Waals surface area contributed by atoms with Crippen LogP contribution in [0.5, 0.6) is 0 Å². The first-order valence-electron chi connectivity index (χ1n) is 12.8. The number of hydrogen-bond donors (Lipinski definition) is 3. The van der Waals surface area contributed by atoms with Crippen LogP contribution < -0.4 is 26.1 Å². The van der Waals surface area contributed by atoms with Crippen molar-refractivity contribution in [3.63, 3.8) is 0 Å². The van der Waals surface area contributed by atoms with E-state index in [0.717, 1.165) is 40.8 Å². The van der Waals surface area contributed by atoms with Crippen molar-refractivity contribution >= 4 is 91.9 Å². The molecule has 45 heavy (non-hydrogen) atoms. The minimum Gasteiger partial charge on any atom is -0.480 e. The van der Waals surface area contributed by atoms with E-state index < -0.39 is 60.1 Å². The monoisotopic (exact) mass is 690 g/mol. The summed E-state index contributed by atoms with van der Waals surface area (Å²) in [7, 11) is 1.85. The molecule has 2 aromatic heterocycles. The van der Waals surface area contributed by atoms with Gasteiger partial charge in [-0.25, -0.2) is 0 Å². The van der Waals surface area contributed by atoms with Crippen LogP contribution in [-0.4, -0.2) is 71.1 Å². The Morgan fingerprint density at radius 3 is 2.16 bits per heavy atom. The molecule has 1 saturated heterocycles. The third-order valence-corrected chi connectivity index (χ3v) is 10.7. The van der Waals surface area contributed by atoms with Crippen molar-refractivity contribution in [1.82, 2.24) is 14.0 Å². The Bertz CT molecular complexity index is 2230. The van der Waals surface area contributed by atoms with E-state index in [1.54, 1.807) is 6.08 Å². The predicted molar refractivity (Wildman–Crippen MR) is 169 cm³/mol. The standard InChI is InChI=1S/C27H22N4O10S4/c1-11-6-13-15(7-12(11)2)43-16(28(13)3)5-4-14-22(38)29(8-17(32)33)25(41-14)20-23(39)30(9-18(34)35)26(44-20)21-24(40)31(10-19(36)37)27(42)45-21/h4-7H,8-10H2,1-3H3,(H,32,33)(H,34,35)(H,36,37)/b14-4?,16-5?,25-20+,26-21+. The normalized spacial score (nSPS) is 17.9. The number of thiazole rings is 1. The lowest BCUT2D eigenvalue weighted by molar-refractivity contribution is -0.140. The fraction of sp³-hybridized carbons (Fsp3) is 0.222. The number of hydrogen-bond acceptors (Lipinski definition) is 12. The van der Waals surface area contributed by atoms with E-state index in [9.17, 15) is 39.0 Å². The minimum atomic E-state index is -1.43. The number of aromatic nitrogens is 2. The van der Waals surface area contributed by atoms with Gasteiger partial charge in [0.1, 0.15) is 33.5 Å². The fourth-order valence-electron chi connectivity index (χ4n) is 4.48. The second-order valence-electron chi connectivity index (χ2n) is 9.80. The SMILES string of the molecule is Cc1cc2c(cc1C)N(C)C(=CC=c1o/c(=c3/s/c(=C4/SC(=S)N(CC(=O)O)C4=O)n(CC(=O)O)c3=O)n(CC(=O)O)c1=O)S2. The molecule has 18 heteroatoms. The van der Waals surface area contributed by atoms with E-state index in [1.807, 2.05) is 37.9 Å². The van der Waals surface area contributed by atoms with Crippen LogP contribution in [0, 0.1) is 23.9 Å². The number of allylic oxidation sites excluding steroid dienone is 1. The van der Waals surface area contributed by atoms with Crippen LogP contribution in [-0.2, 0) is 32.3 Å². The molecule has 0 bridgehead atoms. The molecule has 3 N–H and O–H groups in total. The molecule has 0 saturated carbocycles. The number of carboxylic acid groups (broad SMARTS) is 3. The molecule has 0 spiro atoms. The van der Waals surface area contributed by atoms with Gasteiger partial charge in [-0.3, -0.25) is 42.8 Å². The van der Waals surface area contributed by atoms with Gasteiger partial charge in [0.15, 0.2) is 9.95 Å². The third kappa shape index (κ3) is 6.00. The van der Waals surface area contributed by atoms with Crippen molar-refractivity contribution in [2.24, 2.45) is 0 Å². The lowest BCUT2D eigenvalue weighted by atomic mass is 10.1. The molecule has 2 aliphatic rings. The molecule has 5 rings (SSSR count). The van der Waals surface area contributed by atoms with Gasteiger partial charge in [0.25, 0.3) is 17.0 Å². The Hall–Kier alpha value is -4.39. The van der Waals surface area contributed by atoms with E-state index in [2.05, 4.69) is 0 Å². The van der Waals surface area contributed by atoms with Crippen LogP contribution in [0.4, 0.5) is 5.69 Å². The Morgan fingerprint density at radius 1 is 0.889 bits per heavy atom. The van der Waals surface area contributed by atoms with Crippen molar-refractivity contribution in [2.45, 2.75) is 31.8 Å². The summed E-state index contributed by atoms with van der Waals surface area (Å²) < 4.78 is 6.63. The van der Waals surface area contributed by atoms with Gasteiger partial charge in [0, 0.05) is 11.9 Å². The number of carbonyl (C=O) groups excluding carboxylic acids is 1. The van der Waals surface area contributed by atoms with E-state index in [-0.39, 0.29) is 23.8 Å². The van der Waals surface area contributed by atoms with Gasteiger partial charge >= 0.3 is 17.9 Å². The van der Waals surface area contributed by atoms with Crippen molar-refractivity contribution in [2.75, 3.05) is 18.5 Å². The first kappa shape index (κ1) is 32.0. The number of anilines is 1. The maximum atomic E-state index is 13.6. The highest BCUT2D eigenvalue weighted by Crippen LogP contribution is 2.46. The van der Waals surface area contributed by atoms with Crippen LogP contribution >= 0.6 is 47.1 Å². The molecule has 1 fully saturated rings. The summed E-state index contributed by atoms with van der Waals surface area (Å²) in [6, 6.07) is 4.09. The summed E-state index contributed by atoms with van der Waals surface area (Å²) in [5.41, 5.74) is 0.628. The second kappa shape index (κ2) is 12.2. The molecule has 0 radical (unpaired) electrons. The van der Waals surface area contributed by atoms with E-state index >= 15 is 0 Å². The molecule has 2 aliphatic heterocycles. The van der Waals surface area contributed by atoms with Crippen molar-refractivity contribution in [3.8, 4) is 0 Å². The van der Waals surface area contributed by atoms with Gasteiger partial charge in [0.2, 0.25) is 5.55 Å². The van der Waals surface area contributed by atoms with Crippen LogP contribution in [0.3, 0.4) is 0 Å². The highest BCUT2D eigenvalue weighted by Gasteiger charge is 2.35. The zero-order valence-electron chi connectivity index (χ0n) is 23.6. The second-order valence-corrected chi connectivity index (χ2v) is 13.5. The number of carboxylic acids is 3. The van der Waals surface area contributed by atoms with Crippen molar-refractivity contribution in [3.05, 3.63) is 75.2 Å². The maximum Gasteiger partial charge on any atom is 0.323 e. The summed E-state index contributed by atoms with van der Waals surface area (Å²) >= 11 is 7.86. The zero-order chi connectivity index (χ0) is 32.9. The molecule has 234 valence electrons. The number of amides is 1. The zero-order valence-corrected chi connectivity index (χ0v) is 26.8. The largest absolute Gasteiger partial charge is 0.480 e. The van der Waals surface area contributed by atoms with Gasteiger partial charge in [-0.2, -0.15) is 0 Å². The average molecular weight is 691 g/mol. The van der Waals surface area contributed by atoms with Gasteiger partial charge in [-0.15, -0.1) is 11.3 Å². The summed E-state index contributed by atoms with van der Waals surface area (Å²) in [6.45, 7) is 1.47. The van der Waals surface area contributed by atoms with Gasteiger partial charge < -0.3 is 24.6 Å². The molecule has 1 aromatic carbocycles. The molecule has 1 amide bonds. The minimum absolute atomic E-state index is 0.116. The third-order valence-electron chi connectivity index (χ3n) is 6.77. The molecule has 14 nitrogen and oxygen atoms in total. The number of aliphatic carboxylic acids is 3. The summed E-state index contributed by atoms with van der Waals surface area (Å²) in [6.07, 6.45) is 2.97. The Morgan fingerprint density at radius 2 is 1.51 bits per heavy atom. The van der Waals surface area contributed by atoms with E-state index in [0.29, 0.717) is 23.1 Å². The van der Waals surface area contributed by atoms with Gasteiger partial charge in [0.05, 0.1) is 10.7 Å². The van der Waals surface area contributed by atoms with Crippen LogP contribution in [0.2, 0.25) is 0 Å². The van der Waals surface area contributed by atoms with Gasteiger partial charge in [-0.05, 0) is 49.3 Å². The maximum absolute atomic E-state index is 13.6. The highest BCUT2D eigenvalue weighted by molar-refractivity contribution is 8.30. The number of thiocarbonyl (C=S) groups is 1. The summed E-state index contributed by atoms with van der Waals surface area (Å²) in [5.74, 6) is -5.04. The number of carbonyl (C=O) groups is 4. The first-order chi connectivity index (χ1) is 21.2. The molecular formula is C27H22N4O10S4. The van der Waals surface area contributed by atoms with Gasteiger partial charge in [-0.1, -0.05) is 35.7 Å². The first-order valence-corrected chi connectivity index (χ1v) is 15.7. The van der Waals surface area contributed by atoms with Crippen LogP contribution in [0.1, 0.15) is 11.1 Å². The average Bonchev–Trinajstić information content (AvgIpc) is 3.62. The Kier molecular flexibility index (Phi) is 8.67. The molecule has 0 unspecified atom stereocenters. The van der Waals surface area contributed by atoms with Crippen LogP contribution in [0.15, 0.2) is 42.1 Å². The summed E-state index contributed by atoms with van der Waals surface area (Å²) in [5, 5.41) is 28.9. The lowest BCUT2D eigenvalue weighted by Gasteiger charge is -2.13. The smallest absolute Gasteiger partial charge is 0.323 e. The lowest BCUT2D eigenvalue weighted by Crippen LogP contribution is -2.35. The number of thioether (sulfide) groups is 2. The number of rotatable bonds is 7. The molecule has 0 aliphatic carbocycles. The summed E-state index contributed by atoms with van der Waals surface area (Å²) in [4.78, 5) is 78.1. The number of benzene rings is 1. The topological polar surface area (TPSA) is 193 Å².